The van der Waals surface area contributed by atoms with Gasteiger partial charge >= 0.3 is 0 Å². The van der Waals surface area contributed by atoms with E-state index in [0.717, 1.165) is 18.4 Å². The van der Waals surface area contributed by atoms with Gasteiger partial charge in [-0.3, -0.25) is 0 Å². The highest BCUT2D eigenvalue weighted by Gasteiger charge is 2.16. The number of hydrogen-bond acceptors (Lipinski definition) is 4. The first kappa shape index (κ1) is 14.4. The van der Waals surface area contributed by atoms with Gasteiger partial charge in [0.1, 0.15) is 13.2 Å². The van der Waals surface area contributed by atoms with Crippen molar-refractivity contribution < 1.29 is 14.6 Å². The number of ether oxygens (including phenoxy) is 2. The average molecular weight is 286 g/mol. The average Bonchev–Trinajstić information content (AvgIpc) is 2.43. The Hall–Kier alpha value is -0.970. The van der Waals surface area contributed by atoms with Crippen molar-refractivity contribution in [3.8, 4) is 11.5 Å². The van der Waals surface area contributed by atoms with Crippen LogP contribution in [0.25, 0.3) is 0 Å². The monoisotopic (exact) mass is 285 g/mol. The molecule has 1 aliphatic heterocycles. The number of nitrogens with one attached hydrogen (secondary N) is 1. The number of aliphatic hydroxyl groups is 1. The molecule has 0 spiro atoms. The Kier molecular flexibility index (Phi) is 5.31. The van der Waals surface area contributed by atoms with Crippen molar-refractivity contribution in [2.75, 3.05) is 19.8 Å². The van der Waals surface area contributed by atoms with Crippen molar-refractivity contribution >= 4 is 11.6 Å². The lowest BCUT2D eigenvalue weighted by atomic mass is 10.1. The van der Waals surface area contributed by atoms with Crippen LogP contribution in [0.2, 0.25) is 5.02 Å². The van der Waals surface area contributed by atoms with E-state index in [0.29, 0.717) is 42.3 Å². The maximum absolute atomic E-state index is 8.97. The van der Waals surface area contributed by atoms with E-state index in [-0.39, 0.29) is 6.61 Å². The highest BCUT2D eigenvalue weighted by Crippen LogP contribution is 2.38. The van der Waals surface area contributed by atoms with E-state index in [1.165, 1.54) is 0 Å². The Morgan fingerprint density at radius 2 is 2.16 bits per heavy atom. The summed E-state index contributed by atoms with van der Waals surface area (Å²) in [6.07, 6.45) is 1.74. The molecule has 0 saturated carbocycles. The molecule has 0 aliphatic carbocycles. The first-order valence-electron chi connectivity index (χ1n) is 6.66. The summed E-state index contributed by atoms with van der Waals surface area (Å²) < 4.78 is 11.0. The lowest BCUT2D eigenvalue weighted by Gasteiger charge is -2.21. The topological polar surface area (TPSA) is 50.7 Å². The molecule has 0 aromatic heterocycles. The largest absolute Gasteiger partial charge is 0.486 e. The van der Waals surface area contributed by atoms with Gasteiger partial charge in [-0.1, -0.05) is 18.5 Å². The van der Waals surface area contributed by atoms with E-state index in [4.69, 9.17) is 26.2 Å². The van der Waals surface area contributed by atoms with Gasteiger partial charge in [0.15, 0.2) is 11.5 Å². The van der Waals surface area contributed by atoms with Crippen molar-refractivity contribution in [1.82, 2.24) is 5.32 Å². The molecule has 2 N–H and O–H groups in total. The zero-order chi connectivity index (χ0) is 13.7. The van der Waals surface area contributed by atoms with Crippen molar-refractivity contribution in [2.45, 2.75) is 32.4 Å². The highest BCUT2D eigenvalue weighted by atomic mass is 35.5. The third kappa shape index (κ3) is 3.75. The van der Waals surface area contributed by atoms with Gasteiger partial charge in [-0.05, 0) is 30.5 Å². The smallest absolute Gasteiger partial charge is 0.179 e. The fourth-order valence-corrected chi connectivity index (χ4v) is 2.42. The Balaban J connectivity index is 2.02. The third-order valence-corrected chi connectivity index (χ3v) is 3.50. The SMILES string of the molecule is CCC(CCO)NCc1cc(Cl)c2c(c1)OCCO2. The molecule has 19 heavy (non-hydrogen) atoms. The molecule has 1 aliphatic rings. The van der Waals surface area contributed by atoms with Crippen molar-refractivity contribution in [1.29, 1.82) is 0 Å². The van der Waals surface area contributed by atoms with Crippen LogP contribution in [0.1, 0.15) is 25.3 Å². The molecule has 1 aromatic rings. The minimum Gasteiger partial charge on any atom is -0.486 e. The quantitative estimate of drug-likeness (QED) is 0.842. The van der Waals surface area contributed by atoms with Crippen LogP contribution in [0.5, 0.6) is 11.5 Å². The predicted octanol–water partition coefficient (Wildman–Crippen LogP) is 2.36. The van der Waals surface area contributed by atoms with Gasteiger partial charge in [0.2, 0.25) is 0 Å². The van der Waals surface area contributed by atoms with Crippen LogP contribution >= 0.6 is 11.6 Å². The van der Waals surface area contributed by atoms with Gasteiger partial charge in [0, 0.05) is 19.2 Å². The zero-order valence-corrected chi connectivity index (χ0v) is 11.9. The van der Waals surface area contributed by atoms with Crippen molar-refractivity contribution in [3.63, 3.8) is 0 Å². The molecule has 0 bridgehead atoms. The maximum atomic E-state index is 8.97. The van der Waals surface area contributed by atoms with E-state index >= 15 is 0 Å². The van der Waals surface area contributed by atoms with E-state index in [9.17, 15) is 0 Å². The number of halogens is 1. The van der Waals surface area contributed by atoms with Crippen LogP contribution in [0, 0.1) is 0 Å². The first-order chi connectivity index (χ1) is 9.24. The lowest BCUT2D eigenvalue weighted by molar-refractivity contribution is 0.171. The standard InChI is InChI=1S/C14H20ClNO3/c1-2-11(3-4-17)16-9-10-7-12(15)14-13(8-10)18-5-6-19-14/h7-8,11,16-17H,2-6,9H2,1H3. The summed E-state index contributed by atoms with van der Waals surface area (Å²) in [4.78, 5) is 0. The molecule has 1 atom stereocenters. The van der Waals surface area contributed by atoms with E-state index in [1.54, 1.807) is 0 Å². The van der Waals surface area contributed by atoms with Gasteiger partial charge in [0.05, 0.1) is 5.02 Å². The highest BCUT2D eigenvalue weighted by molar-refractivity contribution is 6.32. The molecule has 0 fully saturated rings. The van der Waals surface area contributed by atoms with E-state index in [1.807, 2.05) is 12.1 Å². The molecular formula is C14H20ClNO3. The van der Waals surface area contributed by atoms with Crippen LogP contribution in [0.3, 0.4) is 0 Å². The van der Waals surface area contributed by atoms with E-state index in [2.05, 4.69) is 12.2 Å². The van der Waals surface area contributed by atoms with Gasteiger partial charge in [-0.15, -0.1) is 0 Å². The third-order valence-electron chi connectivity index (χ3n) is 3.22. The van der Waals surface area contributed by atoms with Crippen LogP contribution < -0.4 is 14.8 Å². The summed E-state index contributed by atoms with van der Waals surface area (Å²) in [5, 5.41) is 13.0. The minimum atomic E-state index is 0.202. The lowest BCUT2D eigenvalue weighted by Crippen LogP contribution is -2.29. The Morgan fingerprint density at radius 1 is 1.37 bits per heavy atom. The molecule has 1 heterocycles. The Labute approximate surface area is 118 Å². The molecule has 106 valence electrons. The summed E-state index contributed by atoms with van der Waals surface area (Å²) in [5.74, 6) is 1.35. The van der Waals surface area contributed by atoms with Gasteiger partial charge in [0.25, 0.3) is 0 Å². The molecule has 2 rings (SSSR count). The molecule has 5 heteroatoms. The Morgan fingerprint density at radius 3 is 2.89 bits per heavy atom. The number of rotatable bonds is 6. The van der Waals surface area contributed by atoms with Gasteiger partial charge in [-0.2, -0.15) is 0 Å². The molecule has 1 aromatic carbocycles. The normalized spacial score (nSPS) is 15.3. The summed E-state index contributed by atoms with van der Waals surface area (Å²) >= 11 is 6.18. The van der Waals surface area contributed by atoms with Crippen LogP contribution in [0.4, 0.5) is 0 Å². The van der Waals surface area contributed by atoms with Gasteiger partial charge in [-0.25, -0.2) is 0 Å². The van der Waals surface area contributed by atoms with Crippen LogP contribution in [0.15, 0.2) is 12.1 Å². The molecular weight excluding hydrogens is 266 g/mol. The summed E-state index contributed by atoms with van der Waals surface area (Å²) in [6.45, 7) is 4.10. The van der Waals surface area contributed by atoms with E-state index < -0.39 is 0 Å². The number of fused-ring (bicyclic) bond motifs is 1. The van der Waals surface area contributed by atoms with Crippen molar-refractivity contribution in [3.05, 3.63) is 22.7 Å². The number of aliphatic hydroxyl groups excluding tert-OH is 1. The molecule has 0 radical (unpaired) electrons. The van der Waals surface area contributed by atoms with Crippen LogP contribution in [-0.4, -0.2) is 31.0 Å². The second kappa shape index (κ2) is 6.98. The molecule has 4 nitrogen and oxygen atoms in total. The zero-order valence-electron chi connectivity index (χ0n) is 11.1. The number of hydrogen-bond donors (Lipinski definition) is 2. The molecule has 1 unspecified atom stereocenters. The molecule has 0 saturated heterocycles. The fourth-order valence-electron chi connectivity index (χ4n) is 2.13. The van der Waals surface area contributed by atoms with Crippen LogP contribution in [-0.2, 0) is 6.54 Å². The van der Waals surface area contributed by atoms with Crippen molar-refractivity contribution in [2.24, 2.45) is 0 Å². The maximum Gasteiger partial charge on any atom is 0.179 e. The summed E-state index contributed by atoms with van der Waals surface area (Å²) in [5.41, 5.74) is 1.06. The number of benzene rings is 1. The molecule has 0 amide bonds. The Bertz CT molecular complexity index is 425. The minimum absolute atomic E-state index is 0.202. The first-order valence-corrected chi connectivity index (χ1v) is 7.04. The fraction of sp³-hybridized carbons (Fsp3) is 0.571. The second-order valence-corrected chi connectivity index (χ2v) is 5.01. The van der Waals surface area contributed by atoms with Gasteiger partial charge < -0.3 is 19.9 Å². The summed E-state index contributed by atoms with van der Waals surface area (Å²) in [7, 11) is 0. The predicted molar refractivity (Wildman–Crippen MR) is 75.1 cm³/mol. The summed E-state index contributed by atoms with van der Waals surface area (Å²) in [6, 6.07) is 4.17. The second-order valence-electron chi connectivity index (χ2n) is 4.60.